The fourth-order valence-corrected chi connectivity index (χ4v) is 2.67. The maximum absolute atomic E-state index is 12.3. The van der Waals surface area contributed by atoms with Crippen LogP contribution in [0.2, 0.25) is 0 Å². The van der Waals surface area contributed by atoms with Crippen molar-refractivity contribution in [3.63, 3.8) is 0 Å². The van der Waals surface area contributed by atoms with E-state index in [4.69, 9.17) is 9.47 Å². The van der Waals surface area contributed by atoms with Crippen molar-refractivity contribution in [1.82, 2.24) is 10.2 Å². The number of esters is 2. The Balaban J connectivity index is 1.90. The SMILES string of the molecule is CC(C)(C)OC(=O)NCC(=O)N1CCC[C@H]1C(=O)OC(=O)c1ccccc1. The van der Waals surface area contributed by atoms with Gasteiger partial charge >= 0.3 is 18.0 Å². The number of ether oxygens (including phenoxy) is 2. The molecule has 1 aliphatic heterocycles. The summed E-state index contributed by atoms with van der Waals surface area (Å²) in [6.07, 6.45) is 0.296. The van der Waals surface area contributed by atoms with Gasteiger partial charge in [-0.25, -0.2) is 14.4 Å². The molecule has 2 rings (SSSR count). The van der Waals surface area contributed by atoms with Crippen LogP contribution in [0.4, 0.5) is 4.79 Å². The van der Waals surface area contributed by atoms with E-state index in [2.05, 4.69) is 5.32 Å². The Morgan fingerprint density at radius 2 is 1.81 bits per heavy atom. The number of hydrogen-bond donors (Lipinski definition) is 1. The molecule has 0 unspecified atom stereocenters. The molecule has 0 bridgehead atoms. The molecule has 27 heavy (non-hydrogen) atoms. The maximum Gasteiger partial charge on any atom is 0.408 e. The third kappa shape index (κ3) is 6.09. The number of rotatable bonds is 4. The van der Waals surface area contributed by atoms with Gasteiger partial charge in [-0.15, -0.1) is 0 Å². The van der Waals surface area contributed by atoms with Crippen molar-refractivity contribution >= 4 is 23.9 Å². The summed E-state index contributed by atoms with van der Waals surface area (Å²) in [6.45, 7) is 5.19. The lowest BCUT2D eigenvalue weighted by Gasteiger charge is -2.24. The number of amides is 2. The summed E-state index contributed by atoms with van der Waals surface area (Å²) in [5, 5.41) is 2.37. The normalized spacial score (nSPS) is 16.6. The fourth-order valence-electron chi connectivity index (χ4n) is 2.67. The van der Waals surface area contributed by atoms with Gasteiger partial charge in [0.1, 0.15) is 18.2 Å². The van der Waals surface area contributed by atoms with Crippen molar-refractivity contribution in [2.24, 2.45) is 0 Å². The molecule has 2 amide bonds. The van der Waals surface area contributed by atoms with Gasteiger partial charge in [0.05, 0.1) is 5.56 Å². The number of benzene rings is 1. The second kappa shape index (κ2) is 8.66. The Labute approximate surface area is 157 Å². The number of likely N-dealkylation sites (tertiary alicyclic amines) is 1. The highest BCUT2D eigenvalue weighted by atomic mass is 16.6. The summed E-state index contributed by atoms with van der Waals surface area (Å²) < 4.78 is 9.98. The number of hydrogen-bond acceptors (Lipinski definition) is 6. The molecule has 0 spiro atoms. The highest BCUT2D eigenvalue weighted by molar-refractivity contribution is 5.99. The van der Waals surface area contributed by atoms with Crippen molar-refractivity contribution in [2.45, 2.75) is 45.3 Å². The highest BCUT2D eigenvalue weighted by Gasteiger charge is 2.36. The summed E-state index contributed by atoms with van der Waals surface area (Å²) in [6, 6.07) is 7.30. The van der Waals surface area contributed by atoms with Crippen molar-refractivity contribution < 1.29 is 28.7 Å². The fraction of sp³-hybridized carbons (Fsp3) is 0.474. The first-order valence-corrected chi connectivity index (χ1v) is 8.75. The van der Waals surface area contributed by atoms with E-state index in [-0.39, 0.29) is 12.1 Å². The standard InChI is InChI=1S/C19H24N2O6/c1-19(2,3)27-18(25)20-12-15(22)21-11-7-10-14(21)17(24)26-16(23)13-8-5-4-6-9-13/h4-6,8-9,14H,7,10-12H2,1-3H3,(H,20,25)/t14-/m0/s1. The first kappa shape index (κ1) is 20.4. The van der Waals surface area contributed by atoms with Gasteiger partial charge in [-0.1, -0.05) is 18.2 Å². The molecular weight excluding hydrogens is 352 g/mol. The summed E-state index contributed by atoms with van der Waals surface area (Å²) in [5.41, 5.74) is -0.418. The van der Waals surface area contributed by atoms with Gasteiger partial charge in [-0.2, -0.15) is 0 Å². The quantitative estimate of drug-likeness (QED) is 0.636. The zero-order valence-electron chi connectivity index (χ0n) is 15.7. The molecule has 1 aromatic carbocycles. The average Bonchev–Trinajstić information content (AvgIpc) is 3.09. The number of carbonyl (C=O) groups is 4. The Morgan fingerprint density at radius 3 is 2.44 bits per heavy atom. The molecule has 1 saturated heterocycles. The molecule has 146 valence electrons. The lowest BCUT2D eigenvalue weighted by atomic mass is 10.2. The number of carbonyl (C=O) groups excluding carboxylic acids is 4. The molecule has 0 radical (unpaired) electrons. The van der Waals surface area contributed by atoms with E-state index in [0.717, 1.165) is 0 Å². The first-order chi connectivity index (χ1) is 12.7. The molecule has 1 aromatic rings. The highest BCUT2D eigenvalue weighted by Crippen LogP contribution is 2.19. The summed E-state index contributed by atoms with van der Waals surface area (Å²) in [4.78, 5) is 49.7. The molecule has 8 nitrogen and oxygen atoms in total. The van der Waals surface area contributed by atoms with Crippen LogP contribution in [0.15, 0.2) is 30.3 Å². The number of alkyl carbamates (subject to hydrolysis) is 1. The average molecular weight is 376 g/mol. The molecule has 1 N–H and O–H groups in total. The lowest BCUT2D eigenvalue weighted by molar-refractivity contribution is -0.148. The molecule has 1 heterocycles. The first-order valence-electron chi connectivity index (χ1n) is 8.75. The van der Waals surface area contributed by atoms with Gasteiger partial charge in [0.15, 0.2) is 0 Å². The Kier molecular flexibility index (Phi) is 6.55. The number of nitrogens with one attached hydrogen (secondary N) is 1. The van der Waals surface area contributed by atoms with E-state index in [1.807, 2.05) is 0 Å². The van der Waals surface area contributed by atoms with E-state index >= 15 is 0 Å². The zero-order valence-corrected chi connectivity index (χ0v) is 15.7. The molecule has 8 heteroatoms. The minimum absolute atomic E-state index is 0.258. The summed E-state index contributed by atoms with van der Waals surface area (Å²) in [5.74, 6) is -1.97. The molecule has 0 aliphatic carbocycles. The van der Waals surface area contributed by atoms with Gasteiger partial charge in [-0.05, 0) is 45.7 Å². The topological polar surface area (TPSA) is 102 Å². The molecular formula is C19H24N2O6. The molecule has 1 fully saturated rings. The van der Waals surface area contributed by atoms with Crippen LogP contribution >= 0.6 is 0 Å². The predicted molar refractivity (Wildman–Crippen MR) is 95.8 cm³/mol. The summed E-state index contributed by atoms with van der Waals surface area (Å²) >= 11 is 0. The third-order valence-corrected chi connectivity index (χ3v) is 3.83. The van der Waals surface area contributed by atoms with Gasteiger partial charge < -0.3 is 19.7 Å². The van der Waals surface area contributed by atoms with Crippen LogP contribution in [-0.2, 0) is 19.1 Å². The lowest BCUT2D eigenvalue weighted by Crippen LogP contribution is -2.47. The van der Waals surface area contributed by atoms with E-state index in [0.29, 0.717) is 19.4 Å². The van der Waals surface area contributed by atoms with Crippen molar-refractivity contribution in [2.75, 3.05) is 13.1 Å². The van der Waals surface area contributed by atoms with Crippen LogP contribution in [0.3, 0.4) is 0 Å². The van der Waals surface area contributed by atoms with Crippen LogP contribution < -0.4 is 5.32 Å². The van der Waals surface area contributed by atoms with E-state index in [9.17, 15) is 19.2 Å². The van der Waals surface area contributed by atoms with E-state index in [1.165, 1.54) is 17.0 Å². The van der Waals surface area contributed by atoms with Gasteiger partial charge in [-0.3, -0.25) is 4.79 Å². The van der Waals surface area contributed by atoms with Crippen LogP contribution in [0.5, 0.6) is 0 Å². The van der Waals surface area contributed by atoms with Crippen LogP contribution in [0.1, 0.15) is 44.0 Å². The minimum Gasteiger partial charge on any atom is -0.444 e. The number of nitrogens with zero attached hydrogens (tertiary/aromatic N) is 1. The van der Waals surface area contributed by atoms with Crippen molar-refractivity contribution in [1.29, 1.82) is 0 Å². The smallest absolute Gasteiger partial charge is 0.408 e. The molecule has 1 aliphatic rings. The predicted octanol–water partition coefficient (Wildman–Crippen LogP) is 1.89. The van der Waals surface area contributed by atoms with Crippen molar-refractivity contribution in [3.8, 4) is 0 Å². The Morgan fingerprint density at radius 1 is 1.15 bits per heavy atom. The van der Waals surface area contributed by atoms with Crippen LogP contribution in [0, 0.1) is 0 Å². The van der Waals surface area contributed by atoms with E-state index in [1.54, 1.807) is 39.0 Å². The zero-order chi connectivity index (χ0) is 20.0. The van der Waals surface area contributed by atoms with Crippen LogP contribution in [0.25, 0.3) is 0 Å². The largest absolute Gasteiger partial charge is 0.444 e. The molecule has 0 aromatic heterocycles. The Bertz CT molecular complexity index is 711. The second-order valence-electron chi connectivity index (χ2n) is 7.18. The Hall–Kier alpha value is -2.90. The monoisotopic (exact) mass is 376 g/mol. The second-order valence-corrected chi connectivity index (χ2v) is 7.18. The van der Waals surface area contributed by atoms with Gasteiger partial charge in [0.25, 0.3) is 0 Å². The maximum atomic E-state index is 12.3. The molecule has 0 saturated carbocycles. The van der Waals surface area contributed by atoms with E-state index < -0.39 is 35.6 Å². The van der Waals surface area contributed by atoms with Gasteiger partial charge in [0.2, 0.25) is 5.91 Å². The minimum atomic E-state index is -0.842. The third-order valence-electron chi connectivity index (χ3n) is 3.83. The molecule has 1 atom stereocenters. The van der Waals surface area contributed by atoms with Crippen molar-refractivity contribution in [3.05, 3.63) is 35.9 Å². The van der Waals surface area contributed by atoms with Gasteiger partial charge in [0, 0.05) is 6.54 Å². The summed E-state index contributed by atoms with van der Waals surface area (Å²) in [7, 11) is 0. The van der Waals surface area contributed by atoms with Crippen LogP contribution in [-0.4, -0.2) is 53.6 Å².